The van der Waals surface area contributed by atoms with Gasteiger partial charge in [-0.15, -0.1) is 0 Å². The molecule has 1 aromatic rings. The maximum absolute atomic E-state index is 13.1. The molecule has 1 rings (SSSR count). The zero-order valence-corrected chi connectivity index (χ0v) is 7.41. The quantitative estimate of drug-likeness (QED) is 0.811. The van der Waals surface area contributed by atoms with Gasteiger partial charge < -0.3 is 5.11 Å². The number of carboxylic acid groups (broad SMARTS) is 1. The van der Waals surface area contributed by atoms with Crippen LogP contribution in [0.1, 0.15) is 28.5 Å². The Labute approximate surface area is 80.2 Å². The molecule has 0 aliphatic carbocycles. The largest absolute Gasteiger partial charge is 0.478 e. The second-order valence-electron chi connectivity index (χ2n) is 2.87. The number of alkyl halides is 2. The van der Waals surface area contributed by atoms with Crippen molar-refractivity contribution >= 4 is 5.97 Å². The predicted octanol–water partition coefficient (Wildman–Crippen LogP) is 2.76. The molecule has 1 unspecified atom stereocenters. The summed E-state index contributed by atoms with van der Waals surface area (Å²) >= 11 is 0. The SMILES string of the molecule is O=C(O)c1ccc(C(F)CCF)cc1. The van der Waals surface area contributed by atoms with E-state index in [0.717, 1.165) is 0 Å². The Morgan fingerprint density at radius 2 is 1.93 bits per heavy atom. The fraction of sp³-hybridized carbons (Fsp3) is 0.300. The van der Waals surface area contributed by atoms with Crippen molar-refractivity contribution in [2.75, 3.05) is 6.67 Å². The molecule has 1 atom stereocenters. The number of rotatable bonds is 4. The summed E-state index contributed by atoms with van der Waals surface area (Å²) in [5.74, 6) is -1.06. The van der Waals surface area contributed by atoms with Gasteiger partial charge in [-0.25, -0.2) is 9.18 Å². The van der Waals surface area contributed by atoms with Gasteiger partial charge in [-0.3, -0.25) is 4.39 Å². The molecule has 0 fully saturated rings. The summed E-state index contributed by atoms with van der Waals surface area (Å²) in [6.07, 6.45) is -1.55. The van der Waals surface area contributed by atoms with Crippen LogP contribution >= 0.6 is 0 Å². The van der Waals surface area contributed by atoms with E-state index in [1.54, 1.807) is 0 Å². The molecular weight excluding hydrogens is 190 g/mol. The van der Waals surface area contributed by atoms with E-state index >= 15 is 0 Å². The summed E-state index contributed by atoms with van der Waals surface area (Å²) in [6, 6.07) is 5.35. The number of carbonyl (C=O) groups is 1. The number of halogens is 2. The van der Waals surface area contributed by atoms with Crippen molar-refractivity contribution < 1.29 is 18.7 Å². The Hall–Kier alpha value is -1.45. The highest BCUT2D eigenvalue weighted by molar-refractivity contribution is 5.87. The second-order valence-corrected chi connectivity index (χ2v) is 2.87. The smallest absolute Gasteiger partial charge is 0.335 e. The van der Waals surface area contributed by atoms with Gasteiger partial charge in [0.25, 0.3) is 0 Å². The number of carboxylic acids is 1. The molecule has 76 valence electrons. The van der Waals surface area contributed by atoms with Crippen LogP contribution in [0.25, 0.3) is 0 Å². The highest BCUT2D eigenvalue weighted by atomic mass is 19.1. The average molecular weight is 200 g/mol. The molecule has 1 N–H and O–H groups in total. The molecule has 0 aliphatic rings. The van der Waals surface area contributed by atoms with Gasteiger partial charge in [-0.1, -0.05) is 12.1 Å². The van der Waals surface area contributed by atoms with Gasteiger partial charge in [0.1, 0.15) is 6.17 Å². The van der Waals surface area contributed by atoms with Crippen LogP contribution in [0.15, 0.2) is 24.3 Å². The Morgan fingerprint density at radius 3 is 2.36 bits per heavy atom. The van der Waals surface area contributed by atoms with Gasteiger partial charge in [0.2, 0.25) is 0 Å². The van der Waals surface area contributed by atoms with Crippen LogP contribution in [0.5, 0.6) is 0 Å². The van der Waals surface area contributed by atoms with Gasteiger partial charge in [0, 0.05) is 6.42 Å². The second kappa shape index (κ2) is 4.69. The van der Waals surface area contributed by atoms with Gasteiger partial charge in [0.05, 0.1) is 12.2 Å². The molecule has 0 spiro atoms. The lowest BCUT2D eigenvalue weighted by Gasteiger charge is -2.05. The molecule has 0 aliphatic heterocycles. The number of aromatic carboxylic acids is 1. The molecule has 4 heteroatoms. The maximum atomic E-state index is 13.1. The molecule has 2 nitrogen and oxygen atoms in total. The first-order chi connectivity index (χ1) is 6.65. The minimum atomic E-state index is -1.36. The predicted molar refractivity (Wildman–Crippen MR) is 47.8 cm³/mol. The lowest BCUT2D eigenvalue weighted by atomic mass is 10.1. The first kappa shape index (κ1) is 10.6. The van der Waals surface area contributed by atoms with Crippen molar-refractivity contribution in [2.24, 2.45) is 0 Å². The van der Waals surface area contributed by atoms with Crippen LogP contribution in [0.2, 0.25) is 0 Å². The zero-order chi connectivity index (χ0) is 10.6. The average Bonchev–Trinajstić information content (AvgIpc) is 2.18. The van der Waals surface area contributed by atoms with Crippen LogP contribution in [0.4, 0.5) is 8.78 Å². The maximum Gasteiger partial charge on any atom is 0.335 e. The lowest BCUT2D eigenvalue weighted by Crippen LogP contribution is -1.98. The Kier molecular flexibility index (Phi) is 3.56. The van der Waals surface area contributed by atoms with E-state index in [1.807, 2.05) is 0 Å². The van der Waals surface area contributed by atoms with Crippen LogP contribution in [-0.4, -0.2) is 17.8 Å². The summed E-state index contributed by atoms with van der Waals surface area (Å²) < 4.78 is 24.9. The monoisotopic (exact) mass is 200 g/mol. The number of hydrogen-bond acceptors (Lipinski definition) is 1. The van der Waals surface area contributed by atoms with Crippen molar-refractivity contribution in [3.05, 3.63) is 35.4 Å². The van der Waals surface area contributed by atoms with Gasteiger partial charge >= 0.3 is 5.97 Å². The number of hydrogen-bond donors (Lipinski definition) is 1. The van der Waals surface area contributed by atoms with Crippen molar-refractivity contribution in [3.8, 4) is 0 Å². The molecule has 0 saturated carbocycles. The molecule has 0 radical (unpaired) electrons. The summed E-state index contributed by atoms with van der Waals surface area (Å²) in [6.45, 7) is -0.720. The molecule has 1 aromatic carbocycles. The molecule has 0 amide bonds. The zero-order valence-electron chi connectivity index (χ0n) is 7.41. The summed E-state index contributed by atoms with van der Waals surface area (Å²) in [5, 5.41) is 8.56. The molecule has 0 bridgehead atoms. The highest BCUT2D eigenvalue weighted by Crippen LogP contribution is 2.21. The van der Waals surface area contributed by atoms with E-state index in [0.29, 0.717) is 5.56 Å². The first-order valence-corrected chi connectivity index (χ1v) is 4.18. The van der Waals surface area contributed by atoms with Crippen molar-refractivity contribution in [2.45, 2.75) is 12.6 Å². The fourth-order valence-electron chi connectivity index (χ4n) is 1.10. The van der Waals surface area contributed by atoms with E-state index in [9.17, 15) is 13.6 Å². The molecule has 0 saturated heterocycles. The molecule has 0 aromatic heterocycles. The van der Waals surface area contributed by atoms with Crippen LogP contribution < -0.4 is 0 Å². The normalized spacial score (nSPS) is 12.4. The first-order valence-electron chi connectivity index (χ1n) is 4.18. The Bertz CT molecular complexity index is 308. The fourth-order valence-corrected chi connectivity index (χ4v) is 1.10. The minimum absolute atomic E-state index is 0.0983. The minimum Gasteiger partial charge on any atom is -0.478 e. The van der Waals surface area contributed by atoms with E-state index < -0.39 is 18.8 Å². The Balaban J connectivity index is 2.77. The molecule has 0 heterocycles. The van der Waals surface area contributed by atoms with E-state index in [-0.39, 0.29) is 12.0 Å². The van der Waals surface area contributed by atoms with Crippen LogP contribution in [0.3, 0.4) is 0 Å². The van der Waals surface area contributed by atoms with Crippen LogP contribution in [-0.2, 0) is 0 Å². The van der Waals surface area contributed by atoms with Crippen LogP contribution in [0, 0.1) is 0 Å². The molecule has 14 heavy (non-hydrogen) atoms. The van der Waals surface area contributed by atoms with Crippen molar-refractivity contribution in [3.63, 3.8) is 0 Å². The third-order valence-corrected chi connectivity index (χ3v) is 1.88. The van der Waals surface area contributed by atoms with E-state index in [1.165, 1.54) is 24.3 Å². The summed E-state index contributed by atoms with van der Waals surface area (Å²) in [4.78, 5) is 10.5. The van der Waals surface area contributed by atoms with Gasteiger partial charge in [-0.05, 0) is 17.7 Å². The van der Waals surface area contributed by atoms with E-state index in [2.05, 4.69) is 0 Å². The van der Waals surface area contributed by atoms with Gasteiger partial charge in [0.15, 0.2) is 0 Å². The lowest BCUT2D eigenvalue weighted by molar-refractivity contribution is 0.0697. The summed E-state index contributed by atoms with van der Waals surface area (Å²) in [5.41, 5.74) is 0.411. The third-order valence-electron chi connectivity index (χ3n) is 1.88. The molecular formula is C10H10F2O2. The standard InChI is InChI=1S/C10H10F2O2/c11-6-5-9(12)7-1-3-8(4-2-7)10(13)14/h1-4,9H,5-6H2,(H,13,14). The third kappa shape index (κ3) is 2.52. The van der Waals surface area contributed by atoms with Crippen molar-refractivity contribution in [1.82, 2.24) is 0 Å². The van der Waals surface area contributed by atoms with Crippen molar-refractivity contribution in [1.29, 1.82) is 0 Å². The highest BCUT2D eigenvalue weighted by Gasteiger charge is 2.10. The number of benzene rings is 1. The topological polar surface area (TPSA) is 37.3 Å². The van der Waals surface area contributed by atoms with E-state index in [4.69, 9.17) is 5.11 Å². The van der Waals surface area contributed by atoms with Gasteiger partial charge in [-0.2, -0.15) is 0 Å². The Morgan fingerprint density at radius 1 is 1.36 bits per heavy atom. The summed E-state index contributed by atoms with van der Waals surface area (Å²) in [7, 11) is 0.